The number of halogens is 1. The Morgan fingerprint density at radius 2 is 2.00 bits per heavy atom. The molecule has 22 heavy (non-hydrogen) atoms. The van der Waals surface area contributed by atoms with Crippen LogP contribution in [0.2, 0.25) is 5.02 Å². The molecule has 0 spiro atoms. The van der Waals surface area contributed by atoms with Gasteiger partial charge in [-0.2, -0.15) is 0 Å². The van der Waals surface area contributed by atoms with Gasteiger partial charge in [-0.25, -0.2) is 4.98 Å². The van der Waals surface area contributed by atoms with Crippen molar-refractivity contribution >= 4 is 29.0 Å². The number of aromatic nitrogens is 1. The van der Waals surface area contributed by atoms with Gasteiger partial charge in [0, 0.05) is 24.3 Å². The van der Waals surface area contributed by atoms with E-state index in [0.717, 1.165) is 18.9 Å². The third-order valence-electron chi connectivity index (χ3n) is 3.30. The van der Waals surface area contributed by atoms with Crippen LogP contribution < -0.4 is 10.2 Å². The van der Waals surface area contributed by atoms with E-state index in [1.165, 1.54) is 18.3 Å². The fourth-order valence-corrected chi connectivity index (χ4v) is 2.23. The standard InChI is InChI=1S/C16H18ClN3O2/c1-3-20(4-2)15-8-5-11(10-18-15)16(22)19-13-9-12(17)6-7-14(13)21/h5-10,21H,3-4H2,1-2H3,(H,19,22). The number of rotatable bonds is 5. The molecule has 0 unspecified atom stereocenters. The minimum absolute atomic E-state index is 0.0366. The van der Waals surface area contributed by atoms with E-state index in [-0.39, 0.29) is 17.3 Å². The summed E-state index contributed by atoms with van der Waals surface area (Å²) >= 11 is 5.85. The summed E-state index contributed by atoms with van der Waals surface area (Å²) < 4.78 is 0. The van der Waals surface area contributed by atoms with Crippen LogP contribution in [-0.2, 0) is 0 Å². The molecular formula is C16H18ClN3O2. The molecule has 2 aromatic rings. The molecule has 5 nitrogen and oxygen atoms in total. The molecule has 0 saturated carbocycles. The van der Waals surface area contributed by atoms with Crippen molar-refractivity contribution < 1.29 is 9.90 Å². The van der Waals surface area contributed by atoms with Gasteiger partial charge in [-0.3, -0.25) is 4.79 Å². The van der Waals surface area contributed by atoms with Gasteiger partial charge >= 0.3 is 0 Å². The van der Waals surface area contributed by atoms with Crippen molar-refractivity contribution in [3.8, 4) is 5.75 Å². The first-order chi connectivity index (χ1) is 10.5. The summed E-state index contributed by atoms with van der Waals surface area (Å²) in [6.45, 7) is 5.80. The normalized spacial score (nSPS) is 10.3. The Labute approximate surface area is 134 Å². The zero-order chi connectivity index (χ0) is 16.1. The summed E-state index contributed by atoms with van der Waals surface area (Å²) in [6, 6.07) is 7.98. The summed E-state index contributed by atoms with van der Waals surface area (Å²) in [6.07, 6.45) is 1.52. The summed E-state index contributed by atoms with van der Waals surface area (Å²) in [5.41, 5.74) is 0.681. The molecule has 2 N–H and O–H groups in total. The van der Waals surface area contributed by atoms with E-state index in [2.05, 4.69) is 15.2 Å². The first-order valence-corrected chi connectivity index (χ1v) is 7.43. The number of aromatic hydroxyl groups is 1. The lowest BCUT2D eigenvalue weighted by Gasteiger charge is -2.19. The van der Waals surface area contributed by atoms with Crippen molar-refractivity contribution in [2.75, 3.05) is 23.3 Å². The van der Waals surface area contributed by atoms with Crippen LogP contribution in [0.4, 0.5) is 11.5 Å². The number of pyridine rings is 1. The Balaban J connectivity index is 2.14. The summed E-state index contributed by atoms with van der Waals surface area (Å²) in [5, 5.41) is 12.8. The second-order valence-electron chi connectivity index (χ2n) is 4.69. The summed E-state index contributed by atoms with van der Waals surface area (Å²) in [4.78, 5) is 18.6. The van der Waals surface area contributed by atoms with Crippen molar-refractivity contribution in [2.45, 2.75) is 13.8 Å². The second kappa shape index (κ2) is 7.13. The Kier molecular flexibility index (Phi) is 5.22. The van der Waals surface area contributed by atoms with Crippen LogP contribution in [0.25, 0.3) is 0 Å². The minimum atomic E-state index is -0.351. The molecule has 1 aromatic carbocycles. The van der Waals surface area contributed by atoms with Crippen LogP contribution in [0.3, 0.4) is 0 Å². The quantitative estimate of drug-likeness (QED) is 0.827. The van der Waals surface area contributed by atoms with Crippen molar-refractivity contribution in [1.29, 1.82) is 0 Å². The van der Waals surface area contributed by atoms with Crippen LogP contribution in [0, 0.1) is 0 Å². The molecule has 0 fully saturated rings. The molecule has 1 heterocycles. The van der Waals surface area contributed by atoms with Gasteiger partial charge in [0.1, 0.15) is 11.6 Å². The highest BCUT2D eigenvalue weighted by atomic mass is 35.5. The summed E-state index contributed by atoms with van der Waals surface area (Å²) in [5.74, 6) is 0.439. The van der Waals surface area contributed by atoms with Gasteiger partial charge < -0.3 is 15.3 Å². The van der Waals surface area contributed by atoms with Crippen LogP contribution in [0.15, 0.2) is 36.5 Å². The lowest BCUT2D eigenvalue weighted by atomic mass is 10.2. The molecule has 0 radical (unpaired) electrons. The molecule has 0 aliphatic rings. The van der Waals surface area contributed by atoms with Gasteiger partial charge in [-0.05, 0) is 44.2 Å². The number of phenolic OH excluding ortho intramolecular Hbond substituents is 1. The Morgan fingerprint density at radius 1 is 1.27 bits per heavy atom. The molecule has 0 atom stereocenters. The zero-order valence-corrected chi connectivity index (χ0v) is 13.3. The molecule has 0 aliphatic carbocycles. The maximum absolute atomic E-state index is 12.2. The third-order valence-corrected chi connectivity index (χ3v) is 3.54. The van der Waals surface area contributed by atoms with E-state index < -0.39 is 0 Å². The largest absolute Gasteiger partial charge is 0.506 e. The lowest BCUT2D eigenvalue weighted by Crippen LogP contribution is -2.23. The van der Waals surface area contributed by atoms with E-state index >= 15 is 0 Å². The monoisotopic (exact) mass is 319 g/mol. The number of hydrogen-bond donors (Lipinski definition) is 2. The first-order valence-electron chi connectivity index (χ1n) is 7.06. The Hall–Kier alpha value is -2.27. The SMILES string of the molecule is CCN(CC)c1ccc(C(=O)Nc2cc(Cl)ccc2O)cn1. The van der Waals surface area contributed by atoms with Gasteiger partial charge in [0.05, 0.1) is 11.3 Å². The Bertz CT molecular complexity index is 655. The highest BCUT2D eigenvalue weighted by Gasteiger charge is 2.11. The van der Waals surface area contributed by atoms with Crippen LogP contribution in [-0.4, -0.2) is 29.1 Å². The van der Waals surface area contributed by atoms with E-state index in [1.807, 2.05) is 13.8 Å². The molecule has 6 heteroatoms. The molecular weight excluding hydrogens is 302 g/mol. The number of hydrogen-bond acceptors (Lipinski definition) is 4. The fourth-order valence-electron chi connectivity index (χ4n) is 2.06. The molecule has 1 amide bonds. The number of benzene rings is 1. The van der Waals surface area contributed by atoms with Gasteiger partial charge in [-0.15, -0.1) is 0 Å². The van der Waals surface area contributed by atoms with E-state index in [4.69, 9.17) is 11.6 Å². The summed E-state index contributed by atoms with van der Waals surface area (Å²) in [7, 11) is 0. The average molecular weight is 320 g/mol. The highest BCUT2D eigenvalue weighted by Crippen LogP contribution is 2.27. The number of anilines is 2. The molecule has 0 bridgehead atoms. The lowest BCUT2D eigenvalue weighted by molar-refractivity contribution is 0.102. The van der Waals surface area contributed by atoms with Gasteiger partial charge in [0.2, 0.25) is 0 Å². The highest BCUT2D eigenvalue weighted by molar-refractivity contribution is 6.31. The van der Waals surface area contributed by atoms with Crippen molar-refractivity contribution in [1.82, 2.24) is 4.98 Å². The number of nitrogens with zero attached hydrogens (tertiary/aromatic N) is 2. The van der Waals surface area contributed by atoms with Gasteiger partial charge in [0.15, 0.2) is 0 Å². The predicted octanol–water partition coefficient (Wildman–Crippen LogP) is 3.54. The van der Waals surface area contributed by atoms with E-state index in [9.17, 15) is 9.90 Å². The van der Waals surface area contributed by atoms with E-state index in [0.29, 0.717) is 10.6 Å². The van der Waals surface area contributed by atoms with Crippen molar-refractivity contribution in [2.24, 2.45) is 0 Å². The molecule has 2 rings (SSSR count). The van der Waals surface area contributed by atoms with Crippen molar-refractivity contribution in [3.05, 3.63) is 47.1 Å². The number of nitrogens with one attached hydrogen (secondary N) is 1. The second-order valence-corrected chi connectivity index (χ2v) is 5.13. The maximum Gasteiger partial charge on any atom is 0.257 e. The number of carbonyl (C=O) groups excluding carboxylic acids is 1. The Morgan fingerprint density at radius 3 is 2.59 bits per heavy atom. The zero-order valence-electron chi connectivity index (χ0n) is 12.5. The minimum Gasteiger partial charge on any atom is -0.506 e. The predicted molar refractivity (Wildman–Crippen MR) is 88.9 cm³/mol. The third kappa shape index (κ3) is 3.68. The molecule has 0 aliphatic heterocycles. The smallest absolute Gasteiger partial charge is 0.257 e. The maximum atomic E-state index is 12.2. The van der Waals surface area contributed by atoms with Gasteiger partial charge in [0.25, 0.3) is 5.91 Å². The topological polar surface area (TPSA) is 65.5 Å². The number of amides is 1. The molecule has 1 aromatic heterocycles. The van der Waals surface area contributed by atoms with Crippen molar-refractivity contribution in [3.63, 3.8) is 0 Å². The molecule has 0 saturated heterocycles. The fraction of sp³-hybridized carbons (Fsp3) is 0.250. The number of carbonyl (C=O) groups is 1. The van der Waals surface area contributed by atoms with Crippen LogP contribution >= 0.6 is 11.6 Å². The van der Waals surface area contributed by atoms with Crippen LogP contribution in [0.1, 0.15) is 24.2 Å². The average Bonchev–Trinajstić information content (AvgIpc) is 2.53. The van der Waals surface area contributed by atoms with E-state index in [1.54, 1.807) is 18.2 Å². The first kappa shape index (κ1) is 16.1. The number of phenols is 1. The molecule has 116 valence electrons. The van der Waals surface area contributed by atoms with Gasteiger partial charge in [-0.1, -0.05) is 11.6 Å². The van der Waals surface area contributed by atoms with Crippen LogP contribution in [0.5, 0.6) is 5.75 Å².